The van der Waals surface area contributed by atoms with Gasteiger partial charge >= 0.3 is 5.97 Å². The Balaban J connectivity index is 1.50. The van der Waals surface area contributed by atoms with Crippen LogP contribution in [-0.4, -0.2) is 50.2 Å². The molecule has 0 radical (unpaired) electrons. The van der Waals surface area contributed by atoms with Crippen molar-refractivity contribution in [3.05, 3.63) is 60.2 Å². The zero-order valence-electron chi connectivity index (χ0n) is 18.3. The fourth-order valence-corrected chi connectivity index (χ4v) is 4.11. The molecule has 1 heterocycles. The van der Waals surface area contributed by atoms with E-state index in [-0.39, 0.29) is 11.9 Å². The van der Waals surface area contributed by atoms with Crippen LogP contribution < -0.4 is 9.47 Å². The van der Waals surface area contributed by atoms with E-state index in [1.165, 1.54) is 7.11 Å². The van der Waals surface area contributed by atoms with Crippen molar-refractivity contribution in [1.29, 1.82) is 0 Å². The standard InChI is InChI=1S/C25H31NO5/c1-3-30-21-12-7-8-13-22(21)31-19-9-14-23(27)26-17-15-25(16-18-26,24(28)29-2)20-10-5-4-6-11-20/h4-8,10-13H,3,9,14-19H2,1-2H3. The Bertz CT molecular complexity index is 859. The summed E-state index contributed by atoms with van der Waals surface area (Å²) in [7, 11) is 1.42. The van der Waals surface area contributed by atoms with E-state index in [1.54, 1.807) is 0 Å². The van der Waals surface area contributed by atoms with Gasteiger partial charge in [-0.3, -0.25) is 9.59 Å². The third kappa shape index (κ3) is 5.37. The van der Waals surface area contributed by atoms with E-state index < -0.39 is 5.41 Å². The maximum absolute atomic E-state index is 12.7. The number of para-hydroxylation sites is 2. The summed E-state index contributed by atoms with van der Waals surface area (Å²) in [4.78, 5) is 27.2. The molecule has 1 saturated heterocycles. The first-order valence-corrected chi connectivity index (χ1v) is 10.9. The first-order chi connectivity index (χ1) is 15.1. The predicted octanol–water partition coefficient (Wildman–Crippen LogP) is 3.98. The van der Waals surface area contributed by atoms with Crippen molar-refractivity contribution in [3.63, 3.8) is 0 Å². The molecule has 0 atom stereocenters. The summed E-state index contributed by atoms with van der Waals surface area (Å²) in [6.45, 7) is 4.03. The van der Waals surface area contributed by atoms with Crippen molar-refractivity contribution in [2.45, 2.75) is 38.0 Å². The summed E-state index contributed by atoms with van der Waals surface area (Å²) >= 11 is 0. The van der Waals surface area contributed by atoms with Crippen LogP contribution in [0.3, 0.4) is 0 Å². The Morgan fingerprint density at radius 1 is 0.935 bits per heavy atom. The molecule has 6 nitrogen and oxygen atoms in total. The number of esters is 1. The molecule has 1 fully saturated rings. The molecule has 0 N–H and O–H groups in total. The Kier molecular flexibility index (Phi) is 7.93. The molecular formula is C25H31NO5. The first kappa shape index (κ1) is 22.7. The Labute approximate surface area is 184 Å². The second-order valence-electron chi connectivity index (χ2n) is 7.65. The van der Waals surface area contributed by atoms with Crippen LogP contribution in [-0.2, 0) is 19.7 Å². The van der Waals surface area contributed by atoms with E-state index in [0.29, 0.717) is 63.5 Å². The molecule has 1 aliphatic rings. The van der Waals surface area contributed by atoms with E-state index >= 15 is 0 Å². The third-order valence-electron chi connectivity index (χ3n) is 5.81. The highest BCUT2D eigenvalue weighted by Gasteiger charge is 2.44. The number of carbonyl (C=O) groups is 2. The highest BCUT2D eigenvalue weighted by molar-refractivity contribution is 5.84. The van der Waals surface area contributed by atoms with E-state index in [2.05, 4.69) is 0 Å². The van der Waals surface area contributed by atoms with Crippen LogP contribution in [0.1, 0.15) is 38.2 Å². The van der Waals surface area contributed by atoms with E-state index in [1.807, 2.05) is 66.4 Å². The lowest BCUT2D eigenvalue weighted by molar-refractivity contribution is -0.151. The Morgan fingerprint density at radius 3 is 2.16 bits per heavy atom. The number of amides is 1. The van der Waals surface area contributed by atoms with E-state index in [9.17, 15) is 9.59 Å². The molecule has 0 spiro atoms. The third-order valence-corrected chi connectivity index (χ3v) is 5.81. The van der Waals surface area contributed by atoms with Crippen LogP contribution in [0.5, 0.6) is 11.5 Å². The molecule has 3 rings (SSSR count). The lowest BCUT2D eigenvalue weighted by Gasteiger charge is -2.40. The highest BCUT2D eigenvalue weighted by atomic mass is 16.5. The molecule has 166 valence electrons. The molecule has 31 heavy (non-hydrogen) atoms. The number of hydrogen-bond donors (Lipinski definition) is 0. The second kappa shape index (κ2) is 10.8. The molecule has 0 aromatic heterocycles. The second-order valence-corrected chi connectivity index (χ2v) is 7.65. The molecule has 0 aliphatic carbocycles. The highest BCUT2D eigenvalue weighted by Crippen LogP contribution is 2.37. The van der Waals surface area contributed by atoms with Gasteiger partial charge in [0.05, 0.1) is 25.7 Å². The summed E-state index contributed by atoms with van der Waals surface area (Å²) < 4.78 is 16.5. The van der Waals surface area contributed by atoms with Gasteiger partial charge in [0.15, 0.2) is 11.5 Å². The molecule has 1 aliphatic heterocycles. The van der Waals surface area contributed by atoms with Gasteiger partial charge < -0.3 is 19.1 Å². The Hall–Kier alpha value is -3.02. The Morgan fingerprint density at radius 2 is 1.55 bits per heavy atom. The smallest absolute Gasteiger partial charge is 0.316 e. The number of benzene rings is 2. The van der Waals surface area contributed by atoms with Gasteiger partial charge in [-0.25, -0.2) is 0 Å². The van der Waals surface area contributed by atoms with Gasteiger partial charge in [0, 0.05) is 19.5 Å². The maximum atomic E-state index is 12.7. The number of piperidine rings is 1. The molecule has 2 aromatic carbocycles. The number of likely N-dealkylation sites (tertiary alicyclic amines) is 1. The van der Waals surface area contributed by atoms with Crippen molar-refractivity contribution in [3.8, 4) is 11.5 Å². The lowest BCUT2D eigenvalue weighted by Crippen LogP contribution is -2.49. The summed E-state index contributed by atoms with van der Waals surface area (Å²) in [6, 6.07) is 17.3. The molecule has 2 aromatic rings. The minimum Gasteiger partial charge on any atom is -0.490 e. The maximum Gasteiger partial charge on any atom is 0.316 e. The zero-order chi connectivity index (χ0) is 22.1. The topological polar surface area (TPSA) is 65.1 Å². The van der Waals surface area contributed by atoms with Gasteiger partial charge in [-0.05, 0) is 43.9 Å². The minimum atomic E-state index is -0.682. The average molecular weight is 426 g/mol. The van der Waals surface area contributed by atoms with Crippen LogP contribution in [0, 0.1) is 0 Å². The number of carbonyl (C=O) groups excluding carboxylic acids is 2. The van der Waals surface area contributed by atoms with Gasteiger partial charge in [-0.15, -0.1) is 0 Å². The number of rotatable bonds is 9. The molecule has 6 heteroatoms. The number of ether oxygens (including phenoxy) is 3. The monoisotopic (exact) mass is 425 g/mol. The normalized spacial score (nSPS) is 15.2. The first-order valence-electron chi connectivity index (χ1n) is 10.9. The minimum absolute atomic E-state index is 0.0909. The van der Waals surface area contributed by atoms with Crippen LogP contribution in [0.15, 0.2) is 54.6 Å². The molecule has 0 saturated carbocycles. The molecule has 1 amide bonds. The van der Waals surface area contributed by atoms with Gasteiger partial charge in [-0.2, -0.15) is 0 Å². The van der Waals surface area contributed by atoms with Gasteiger partial charge in [-0.1, -0.05) is 42.5 Å². The fraction of sp³-hybridized carbons (Fsp3) is 0.440. The molecule has 0 bridgehead atoms. The summed E-state index contributed by atoms with van der Waals surface area (Å²) in [5.41, 5.74) is 0.272. The quantitative estimate of drug-likeness (QED) is 0.449. The fourth-order valence-electron chi connectivity index (χ4n) is 4.11. The summed E-state index contributed by atoms with van der Waals surface area (Å²) in [5, 5.41) is 0. The van der Waals surface area contributed by atoms with Gasteiger partial charge in [0.1, 0.15) is 0 Å². The van der Waals surface area contributed by atoms with Crippen molar-refractivity contribution in [2.75, 3.05) is 33.4 Å². The SMILES string of the molecule is CCOc1ccccc1OCCCC(=O)N1CCC(C(=O)OC)(c2ccccc2)CC1. The van der Waals surface area contributed by atoms with Crippen molar-refractivity contribution >= 4 is 11.9 Å². The summed E-state index contributed by atoms with van der Waals surface area (Å²) in [6.07, 6.45) is 2.16. The molecular weight excluding hydrogens is 394 g/mol. The predicted molar refractivity (Wildman–Crippen MR) is 118 cm³/mol. The largest absolute Gasteiger partial charge is 0.490 e. The lowest BCUT2D eigenvalue weighted by atomic mass is 9.72. The number of hydrogen-bond acceptors (Lipinski definition) is 5. The van der Waals surface area contributed by atoms with E-state index in [4.69, 9.17) is 14.2 Å². The van der Waals surface area contributed by atoms with Crippen LogP contribution in [0.25, 0.3) is 0 Å². The van der Waals surface area contributed by atoms with Crippen molar-refractivity contribution in [1.82, 2.24) is 4.90 Å². The van der Waals surface area contributed by atoms with Crippen molar-refractivity contribution in [2.24, 2.45) is 0 Å². The van der Waals surface area contributed by atoms with Crippen LogP contribution >= 0.6 is 0 Å². The number of methoxy groups -OCH3 is 1. The summed E-state index contributed by atoms with van der Waals surface area (Å²) in [5.74, 6) is 1.27. The van der Waals surface area contributed by atoms with Crippen LogP contribution in [0.2, 0.25) is 0 Å². The zero-order valence-corrected chi connectivity index (χ0v) is 18.3. The van der Waals surface area contributed by atoms with Crippen molar-refractivity contribution < 1.29 is 23.8 Å². The molecule has 0 unspecified atom stereocenters. The van der Waals surface area contributed by atoms with E-state index in [0.717, 1.165) is 5.56 Å². The van der Waals surface area contributed by atoms with Gasteiger partial charge in [0.2, 0.25) is 5.91 Å². The van der Waals surface area contributed by atoms with Crippen LogP contribution in [0.4, 0.5) is 0 Å². The average Bonchev–Trinajstić information content (AvgIpc) is 2.83. The number of nitrogens with zero attached hydrogens (tertiary/aromatic N) is 1. The van der Waals surface area contributed by atoms with Gasteiger partial charge in [0.25, 0.3) is 0 Å².